The van der Waals surface area contributed by atoms with Gasteiger partial charge in [0.1, 0.15) is 0 Å². The van der Waals surface area contributed by atoms with Crippen molar-refractivity contribution in [2.45, 2.75) is 39.5 Å². The number of carbonyl (C=O) groups is 1. The summed E-state index contributed by atoms with van der Waals surface area (Å²) in [5.74, 6) is -2.31. The van der Waals surface area contributed by atoms with Crippen LogP contribution in [0.5, 0.6) is 0 Å². The molecule has 2 rings (SSSR count). The molecule has 21 heavy (non-hydrogen) atoms. The summed E-state index contributed by atoms with van der Waals surface area (Å²) in [6, 6.07) is 3.76. The first-order chi connectivity index (χ1) is 10.0. The van der Waals surface area contributed by atoms with Gasteiger partial charge in [-0.2, -0.15) is 0 Å². The Hall–Kier alpha value is -1.29. The third-order valence-corrected chi connectivity index (χ3v) is 4.92. The molecule has 4 heteroatoms. The van der Waals surface area contributed by atoms with Crippen molar-refractivity contribution in [1.29, 1.82) is 0 Å². The Labute approximate surface area is 125 Å². The zero-order valence-electron chi connectivity index (χ0n) is 12.8. The molecule has 0 bridgehead atoms. The van der Waals surface area contributed by atoms with Crippen LogP contribution < -0.4 is 0 Å². The lowest BCUT2D eigenvalue weighted by molar-refractivity contribution is 0.0960. The van der Waals surface area contributed by atoms with Gasteiger partial charge in [0, 0.05) is 19.5 Å². The second kappa shape index (κ2) is 6.65. The molecule has 0 aromatic heterocycles. The van der Waals surface area contributed by atoms with Gasteiger partial charge in [0.05, 0.1) is 5.56 Å². The molecule has 1 heterocycles. The summed E-state index contributed by atoms with van der Waals surface area (Å²) in [4.78, 5) is 14.3. The highest BCUT2D eigenvalue weighted by Gasteiger charge is 2.34. The fraction of sp³-hybridized carbons (Fsp3) is 0.588. The van der Waals surface area contributed by atoms with Crippen molar-refractivity contribution in [3.63, 3.8) is 0 Å². The Kier molecular flexibility index (Phi) is 5.09. The Morgan fingerprint density at radius 2 is 2.00 bits per heavy atom. The lowest BCUT2D eigenvalue weighted by Gasteiger charge is -2.26. The van der Waals surface area contributed by atoms with Gasteiger partial charge in [-0.1, -0.05) is 19.9 Å². The molecule has 0 saturated carbocycles. The number of benzene rings is 1. The molecule has 0 N–H and O–H groups in total. The van der Waals surface area contributed by atoms with Gasteiger partial charge >= 0.3 is 0 Å². The van der Waals surface area contributed by atoms with Crippen LogP contribution in [0.4, 0.5) is 8.78 Å². The van der Waals surface area contributed by atoms with E-state index in [9.17, 15) is 13.6 Å². The average Bonchev–Trinajstić information content (AvgIpc) is 2.92. The Morgan fingerprint density at radius 3 is 2.62 bits per heavy atom. The lowest BCUT2D eigenvalue weighted by atomic mass is 9.82. The van der Waals surface area contributed by atoms with Crippen molar-refractivity contribution < 1.29 is 13.6 Å². The van der Waals surface area contributed by atoms with Crippen LogP contribution in [0.25, 0.3) is 0 Å². The van der Waals surface area contributed by atoms with Gasteiger partial charge in [-0.15, -0.1) is 0 Å². The molecule has 0 spiro atoms. The maximum Gasteiger partial charge on any atom is 0.169 e. The molecule has 1 fully saturated rings. The minimum absolute atomic E-state index is 0.133. The maximum absolute atomic E-state index is 13.6. The number of likely N-dealkylation sites (tertiary alicyclic amines) is 1. The smallest absolute Gasteiger partial charge is 0.169 e. The van der Waals surface area contributed by atoms with Gasteiger partial charge in [0.15, 0.2) is 17.4 Å². The molecule has 1 aliphatic rings. The fourth-order valence-electron chi connectivity index (χ4n) is 3.16. The molecule has 1 aromatic rings. The van der Waals surface area contributed by atoms with Crippen LogP contribution in [-0.2, 0) is 0 Å². The van der Waals surface area contributed by atoms with E-state index in [2.05, 4.69) is 18.7 Å². The van der Waals surface area contributed by atoms with Crippen LogP contribution in [0, 0.1) is 17.0 Å². The van der Waals surface area contributed by atoms with Gasteiger partial charge < -0.3 is 4.90 Å². The van der Waals surface area contributed by atoms with E-state index in [-0.39, 0.29) is 17.8 Å². The van der Waals surface area contributed by atoms with E-state index < -0.39 is 11.6 Å². The number of ketones is 1. The number of hydrogen-bond acceptors (Lipinski definition) is 2. The highest BCUT2D eigenvalue weighted by molar-refractivity contribution is 5.96. The first-order valence-corrected chi connectivity index (χ1v) is 7.71. The largest absolute Gasteiger partial charge is 0.302 e. The molecule has 116 valence electrons. The van der Waals surface area contributed by atoms with Crippen LogP contribution in [0.3, 0.4) is 0 Å². The predicted molar refractivity (Wildman–Crippen MR) is 79.4 cm³/mol. The summed E-state index contributed by atoms with van der Waals surface area (Å²) >= 11 is 0. The third kappa shape index (κ3) is 3.49. The van der Waals surface area contributed by atoms with Crippen LogP contribution >= 0.6 is 0 Å². The van der Waals surface area contributed by atoms with Gasteiger partial charge in [-0.05, 0) is 43.4 Å². The van der Waals surface area contributed by atoms with E-state index in [1.165, 1.54) is 12.1 Å². The Morgan fingerprint density at radius 1 is 1.29 bits per heavy atom. The van der Waals surface area contributed by atoms with Crippen molar-refractivity contribution >= 4 is 5.78 Å². The summed E-state index contributed by atoms with van der Waals surface area (Å²) in [5.41, 5.74) is 0.235. The van der Waals surface area contributed by atoms with Crippen molar-refractivity contribution in [2.75, 3.05) is 19.6 Å². The highest BCUT2D eigenvalue weighted by Crippen LogP contribution is 2.36. The van der Waals surface area contributed by atoms with Crippen molar-refractivity contribution in [1.82, 2.24) is 4.90 Å². The van der Waals surface area contributed by atoms with Gasteiger partial charge in [-0.25, -0.2) is 8.78 Å². The predicted octanol–water partition coefficient (Wildman–Crippen LogP) is 4.05. The maximum atomic E-state index is 13.6. The molecule has 0 unspecified atom stereocenters. The summed E-state index contributed by atoms with van der Waals surface area (Å²) < 4.78 is 26.7. The fourth-order valence-corrected chi connectivity index (χ4v) is 3.16. The molecular weight excluding hydrogens is 272 g/mol. The van der Waals surface area contributed by atoms with E-state index in [0.717, 1.165) is 38.4 Å². The first kappa shape index (κ1) is 16.1. The minimum Gasteiger partial charge on any atom is -0.302 e. The normalized spacial score (nSPS) is 18.1. The van der Waals surface area contributed by atoms with Crippen LogP contribution in [0.15, 0.2) is 18.2 Å². The van der Waals surface area contributed by atoms with Gasteiger partial charge in [0.2, 0.25) is 0 Å². The first-order valence-electron chi connectivity index (χ1n) is 7.71. The zero-order chi connectivity index (χ0) is 15.5. The molecular formula is C17H23F2NO. The van der Waals surface area contributed by atoms with Crippen LogP contribution in [0.1, 0.15) is 49.9 Å². The molecule has 0 radical (unpaired) electrons. The number of carbonyl (C=O) groups excluding carboxylic acids is 1. The third-order valence-electron chi connectivity index (χ3n) is 4.92. The number of hydrogen-bond donors (Lipinski definition) is 0. The molecule has 1 aliphatic heterocycles. The molecule has 1 aromatic carbocycles. The number of rotatable bonds is 6. The van der Waals surface area contributed by atoms with Gasteiger partial charge in [0.25, 0.3) is 0 Å². The zero-order valence-corrected chi connectivity index (χ0v) is 12.8. The number of halogens is 2. The van der Waals surface area contributed by atoms with E-state index in [4.69, 9.17) is 0 Å². The Balaban J connectivity index is 1.92. The van der Waals surface area contributed by atoms with Crippen molar-refractivity contribution in [3.8, 4) is 0 Å². The quantitative estimate of drug-likeness (QED) is 0.738. The summed E-state index contributed by atoms with van der Waals surface area (Å²) in [5, 5.41) is 0. The summed E-state index contributed by atoms with van der Waals surface area (Å²) in [6.07, 6.45) is 3.69. The number of Topliss-reactive ketones (excluding diaryl/α,β-unsaturated/α-hetero) is 1. The number of nitrogens with zero attached hydrogens (tertiary/aromatic N) is 1. The van der Waals surface area contributed by atoms with Crippen LogP contribution in [-0.4, -0.2) is 30.3 Å². The molecule has 2 nitrogen and oxygen atoms in total. The summed E-state index contributed by atoms with van der Waals surface area (Å²) in [6.45, 7) is 7.02. The monoisotopic (exact) mass is 295 g/mol. The van der Waals surface area contributed by atoms with E-state index in [1.54, 1.807) is 0 Å². The van der Waals surface area contributed by atoms with E-state index in [0.29, 0.717) is 12.0 Å². The minimum atomic E-state index is -1.03. The molecule has 0 atom stereocenters. The molecule has 1 saturated heterocycles. The van der Waals surface area contributed by atoms with Gasteiger partial charge in [-0.3, -0.25) is 4.79 Å². The van der Waals surface area contributed by atoms with Crippen LogP contribution in [0.2, 0.25) is 0 Å². The topological polar surface area (TPSA) is 20.3 Å². The average molecular weight is 295 g/mol. The standard InChI is InChI=1S/C17H23F2NO/c1-3-17(4-2)9-11-20(12-17)10-8-15(21)13-6-5-7-14(18)16(13)19/h5-7H,3-4,8-12H2,1-2H3. The second-order valence-corrected chi connectivity index (χ2v) is 6.01. The summed E-state index contributed by atoms with van der Waals surface area (Å²) in [7, 11) is 0. The van der Waals surface area contributed by atoms with E-state index >= 15 is 0 Å². The molecule has 0 aliphatic carbocycles. The van der Waals surface area contributed by atoms with E-state index in [1.807, 2.05) is 0 Å². The van der Waals surface area contributed by atoms with Crippen molar-refractivity contribution in [2.24, 2.45) is 5.41 Å². The Bertz CT molecular complexity index is 512. The highest BCUT2D eigenvalue weighted by atomic mass is 19.2. The SMILES string of the molecule is CCC1(CC)CCN(CCC(=O)c2cccc(F)c2F)C1. The lowest BCUT2D eigenvalue weighted by Crippen LogP contribution is -2.28. The second-order valence-electron chi connectivity index (χ2n) is 6.01. The van der Waals surface area contributed by atoms with Crippen molar-refractivity contribution in [3.05, 3.63) is 35.4 Å². The molecule has 0 amide bonds.